The number of allylic oxidation sites excluding steroid dienone is 2. The maximum absolute atomic E-state index is 13.1. The summed E-state index contributed by atoms with van der Waals surface area (Å²) in [7, 11) is 0. The van der Waals surface area contributed by atoms with Crippen LogP contribution in [0, 0.1) is 46.8 Å². The molecule has 0 aliphatic heterocycles. The molecule has 0 aromatic carbocycles. The molecule has 8 atom stereocenters. The normalized spacial score (nSPS) is 43.7. The SMILES string of the molecule is CC(=O)C(N)=CC=NCC(=O)C1CCC2C3CCC4CC(C)CCC4C3CCC12C. The summed E-state index contributed by atoms with van der Waals surface area (Å²) in [5, 5.41) is 0. The maximum atomic E-state index is 13.1. The van der Waals surface area contributed by atoms with Gasteiger partial charge in [-0.25, -0.2) is 0 Å². The third-order valence-corrected chi connectivity index (χ3v) is 9.62. The van der Waals surface area contributed by atoms with E-state index in [9.17, 15) is 9.59 Å². The summed E-state index contributed by atoms with van der Waals surface area (Å²) in [5.74, 6) is 5.61. The van der Waals surface area contributed by atoms with Crippen molar-refractivity contribution in [2.24, 2.45) is 57.6 Å². The molecular weight excluding hydrogens is 372 g/mol. The predicted molar refractivity (Wildman–Crippen MR) is 121 cm³/mol. The summed E-state index contributed by atoms with van der Waals surface area (Å²) >= 11 is 0. The third kappa shape index (κ3) is 3.91. The Balaban J connectivity index is 1.41. The summed E-state index contributed by atoms with van der Waals surface area (Å²) in [4.78, 5) is 28.5. The van der Waals surface area contributed by atoms with Gasteiger partial charge in [0, 0.05) is 19.1 Å². The molecular formula is C26H40N2O2. The van der Waals surface area contributed by atoms with Gasteiger partial charge in [-0.1, -0.05) is 20.3 Å². The van der Waals surface area contributed by atoms with E-state index in [-0.39, 0.29) is 35.1 Å². The van der Waals surface area contributed by atoms with Crippen molar-refractivity contribution in [2.75, 3.05) is 6.54 Å². The fraction of sp³-hybridized carbons (Fsp3) is 0.808. The van der Waals surface area contributed by atoms with E-state index in [1.807, 2.05) is 0 Å². The van der Waals surface area contributed by atoms with Crippen LogP contribution in [-0.2, 0) is 9.59 Å². The van der Waals surface area contributed by atoms with E-state index in [1.165, 1.54) is 70.6 Å². The van der Waals surface area contributed by atoms with Crippen LogP contribution in [0.4, 0.5) is 0 Å². The van der Waals surface area contributed by atoms with Crippen molar-refractivity contribution in [1.82, 2.24) is 0 Å². The summed E-state index contributed by atoms with van der Waals surface area (Å²) in [6.07, 6.45) is 15.0. The van der Waals surface area contributed by atoms with Crippen LogP contribution in [0.3, 0.4) is 0 Å². The summed E-state index contributed by atoms with van der Waals surface area (Å²) in [6.45, 7) is 6.50. The van der Waals surface area contributed by atoms with Crippen LogP contribution in [-0.4, -0.2) is 24.3 Å². The van der Waals surface area contributed by atoms with Crippen molar-refractivity contribution in [1.29, 1.82) is 0 Å². The van der Waals surface area contributed by atoms with Gasteiger partial charge in [0.15, 0.2) is 11.6 Å². The van der Waals surface area contributed by atoms with Crippen molar-refractivity contribution in [3.8, 4) is 0 Å². The average molecular weight is 413 g/mol. The first-order valence-corrected chi connectivity index (χ1v) is 12.3. The first-order valence-electron chi connectivity index (χ1n) is 12.3. The Kier molecular flexibility index (Phi) is 6.23. The maximum Gasteiger partial charge on any atom is 0.175 e. The number of rotatable bonds is 5. The summed E-state index contributed by atoms with van der Waals surface area (Å²) in [6, 6.07) is 0. The van der Waals surface area contributed by atoms with E-state index in [2.05, 4.69) is 18.8 Å². The Labute approximate surface area is 182 Å². The molecule has 166 valence electrons. The highest BCUT2D eigenvalue weighted by Crippen LogP contribution is 2.64. The van der Waals surface area contributed by atoms with Gasteiger partial charge in [0.05, 0.1) is 12.2 Å². The summed E-state index contributed by atoms with van der Waals surface area (Å²) in [5.41, 5.74) is 5.96. The highest BCUT2D eigenvalue weighted by molar-refractivity contribution is 5.96. The van der Waals surface area contributed by atoms with Crippen LogP contribution in [0.25, 0.3) is 0 Å². The number of carbonyl (C=O) groups excluding carboxylic acids is 2. The second-order valence-corrected chi connectivity index (χ2v) is 11.2. The highest BCUT2D eigenvalue weighted by atomic mass is 16.1. The van der Waals surface area contributed by atoms with Gasteiger partial charge in [-0.05, 0) is 98.4 Å². The van der Waals surface area contributed by atoms with Crippen LogP contribution in [0.1, 0.15) is 78.6 Å². The second kappa shape index (κ2) is 8.59. The predicted octanol–water partition coefficient (Wildman–Crippen LogP) is 4.96. The molecule has 0 saturated heterocycles. The van der Waals surface area contributed by atoms with Gasteiger partial charge in [0.2, 0.25) is 0 Å². The molecule has 8 unspecified atom stereocenters. The van der Waals surface area contributed by atoms with E-state index in [4.69, 9.17) is 5.73 Å². The van der Waals surface area contributed by atoms with Crippen LogP contribution in [0.15, 0.2) is 16.8 Å². The molecule has 4 nitrogen and oxygen atoms in total. The van der Waals surface area contributed by atoms with E-state index >= 15 is 0 Å². The minimum Gasteiger partial charge on any atom is -0.396 e. The molecule has 0 aromatic rings. The first kappa shape index (κ1) is 21.8. The van der Waals surface area contributed by atoms with E-state index in [0.29, 0.717) is 0 Å². The smallest absolute Gasteiger partial charge is 0.175 e. The van der Waals surface area contributed by atoms with Gasteiger partial charge in [-0.15, -0.1) is 0 Å². The zero-order valence-corrected chi connectivity index (χ0v) is 19.1. The van der Waals surface area contributed by atoms with Crippen molar-refractivity contribution in [2.45, 2.75) is 78.6 Å². The number of fused-ring (bicyclic) bond motifs is 5. The molecule has 0 spiro atoms. The van der Waals surface area contributed by atoms with Crippen LogP contribution >= 0.6 is 0 Å². The van der Waals surface area contributed by atoms with Crippen LogP contribution in [0.2, 0.25) is 0 Å². The highest BCUT2D eigenvalue weighted by Gasteiger charge is 2.58. The number of hydrogen-bond donors (Lipinski definition) is 1. The minimum absolute atomic E-state index is 0.152. The molecule has 4 aliphatic carbocycles. The first-order chi connectivity index (χ1) is 14.3. The lowest BCUT2D eigenvalue weighted by Gasteiger charge is -2.56. The molecule has 4 fully saturated rings. The number of nitrogens with two attached hydrogens (primary N) is 1. The topological polar surface area (TPSA) is 72.5 Å². The molecule has 0 bridgehead atoms. The lowest BCUT2D eigenvalue weighted by molar-refractivity contribution is -0.129. The lowest BCUT2D eigenvalue weighted by Crippen LogP contribution is -2.49. The van der Waals surface area contributed by atoms with Gasteiger partial charge in [0.25, 0.3) is 0 Å². The Bertz CT molecular complexity index is 741. The molecule has 4 rings (SSSR count). The third-order valence-electron chi connectivity index (χ3n) is 9.62. The lowest BCUT2D eigenvalue weighted by atomic mass is 9.49. The number of Topliss-reactive ketones (excluding diaryl/α,β-unsaturated/α-hetero) is 2. The summed E-state index contributed by atoms with van der Waals surface area (Å²) < 4.78 is 0. The Hall–Kier alpha value is -1.45. The monoisotopic (exact) mass is 412 g/mol. The van der Waals surface area contributed by atoms with Crippen molar-refractivity contribution in [3.63, 3.8) is 0 Å². The second-order valence-electron chi connectivity index (χ2n) is 11.2. The molecule has 0 aromatic heterocycles. The number of hydrogen-bond acceptors (Lipinski definition) is 4. The number of aliphatic imine (C=N–C) groups is 1. The van der Waals surface area contributed by atoms with Gasteiger partial charge < -0.3 is 5.73 Å². The Morgan fingerprint density at radius 2 is 1.80 bits per heavy atom. The minimum atomic E-state index is -0.169. The van der Waals surface area contributed by atoms with Gasteiger partial charge in [-0.3, -0.25) is 14.6 Å². The molecule has 4 aliphatic rings. The van der Waals surface area contributed by atoms with Crippen LogP contribution < -0.4 is 5.73 Å². The van der Waals surface area contributed by atoms with Gasteiger partial charge in [-0.2, -0.15) is 0 Å². The Morgan fingerprint density at radius 1 is 1.03 bits per heavy atom. The molecule has 4 saturated carbocycles. The standard InChI is InChI=1S/C26H40N2O2/c1-16-4-6-19-18(14-16)5-7-21-20(19)10-12-26(3)22(21)8-9-23(26)25(30)15-28-13-11-24(27)17(2)29/h11,13,16,18-23H,4-10,12,14-15,27H2,1-3H3. The van der Waals surface area contributed by atoms with Gasteiger partial charge >= 0.3 is 0 Å². The quantitative estimate of drug-likeness (QED) is 0.512. The van der Waals surface area contributed by atoms with Crippen molar-refractivity contribution >= 4 is 17.8 Å². The zero-order chi connectivity index (χ0) is 21.5. The fourth-order valence-electron chi connectivity index (χ4n) is 8.12. The molecule has 0 amide bonds. The average Bonchev–Trinajstić information content (AvgIpc) is 3.07. The molecule has 0 heterocycles. The molecule has 2 N–H and O–H groups in total. The van der Waals surface area contributed by atoms with Crippen molar-refractivity contribution < 1.29 is 9.59 Å². The molecule has 0 radical (unpaired) electrons. The largest absolute Gasteiger partial charge is 0.396 e. The van der Waals surface area contributed by atoms with Crippen LogP contribution in [0.5, 0.6) is 0 Å². The van der Waals surface area contributed by atoms with Crippen molar-refractivity contribution in [3.05, 3.63) is 11.8 Å². The number of ketones is 2. The van der Waals surface area contributed by atoms with E-state index in [0.717, 1.165) is 41.9 Å². The van der Waals surface area contributed by atoms with E-state index < -0.39 is 0 Å². The van der Waals surface area contributed by atoms with Gasteiger partial charge in [0.1, 0.15) is 0 Å². The number of carbonyl (C=O) groups is 2. The molecule has 30 heavy (non-hydrogen) atoms. The fourth-order valence-corrected chi connectivity index (χ4v) is 8.12. The molecule has 4 heteroatoms. The Morgan fingerprint density at radius 3 is 2.57 bits per heavy atom. The van der Waals surface area contributed by atoms with E-state index in [1.54, 1.807) is 0 Å². The number of nitrogens with zero attached hydrogens (tertiary/aromatic N) is 1. The zero-order valence-electron chi connectivity index (χ0n) is 19.1.